The van der Waals surface area contributed by atoms with Crippen LogP contribution in [0.4, 0.5) is 4.39 Å². The van der Waals surface area contributed by atoms with Gasteiger partial charge in [0, 0.05) is 46.8 Å². The first-order chi connectivity index (χ1) is 14.6. The SMILES string of the molecule is COc1cc2ncc3c(c(-c4ccc(C#N)cc4F)nn3C)c2cc1-c1cn[nH]c1. The van der Waals surface area contributed by atoms with Crippen LogP contribution in [0.3, 0.4) is 0 Å². The summed E-state index contributed by atoms with van der Waals surface area (Å²) in [5.41, 5.74) is 4.25. The number of halogens is 1. The minimum Gasteiger partial charge on any atom is -0.496 e. The Labute approximate surface area is 170 Å². The first-order valence-corrected chi connectivity index (χ1v) is 9.13. The van der Waals surface area contributed by atoms with Gasteiger partial charge in [-0.2, -0.15) is 15.5 Å². The van der Waals surface area contributed by atoms with Crippen molar-refractivity contribution in [1.82, 2.24) is 25.0 Å². The van der Waals surface area contributed by atoms with Gasteiger partial charge in [0.1, 0.15) is 17.3 Å². The molecule has 5 rings (SSSR count). The minimum absolute atomic E-state index is 0.259. The van der Waals surface area contributed by atoms with Gasteiger partial charge in [0.2, 0.25) is 0 Å². The van der Waals surface area contributed by atoms with E-state index >= 15 is 0 Å². The molecule has 0 atom stereocenters. The van der Waals surface area contributed by atoms with Crippen molar-refractivity contribution < 1.29 is 9.13 Å². The molecule has 3 aromatic heterocycles. The number of hydrogen-bond acceptors (Lipinski definition) is 5. The molecule has 2 aromatic carbocycles. The zero-order valence-corrected chi connectivity index (χ0v) is 16.1. The number of ether oxygens (including phenoxy) is 1. The summed E-state index contributed by atoms with van der Waals surface area (Å²) < 4.78 is 22.1. The number of fused-ring (bicyclic) bond motifs is 3. The van der Waals surface area contributed by atoms with Crippen LogP contribution in [-0.4, -0.2) is 32.1 Å². The molecule has 0 saturated carbocycles. The monoisotopic (exact) mass is 398 g/mol. The third-order valence-electron chi connectivity index (χ3n) is 5.17. The largest absolute Gasteiger partial charge is 0.496 e. The van der Waals surface area contributed by atoms with E-state index in [2.05, 4.69) is 20.3 Å². The number of methoxy groups -OCH3 is 1. The standard InChI is InChI=1S/C22H15FN6O/c1-29-19-11-25-18-7-20(30-2)15(13-9-26-27-10-13)6-16(18)21(19)22(28-29)14-4-3-12(8-24)5-17(14)23/h3-7,9-11H,1-2H3,(H,26,27). The van der Waals surface area contributed by atoms with E-state index in [0.29, 0.717) is 22.5 Å². The molecule has 146 valence electrons. The molecule has 0 aliphatic rings. The molecule has 5 aromatic rings. The topological polar surface area (TPSA) is 92.4 Å². The zero-order valence-electron chi connectivity index (χ0n) is 16.1. The van der Waals surface area contributed by atoms with Crippen molar-refractivity contribution >= 4 is 21.8 Å². The number of aromatic nitrogens is 5. The van der Waals surface area contributed by atoms with Crippen molar-refractivity contribution in [3.63, 3.8) is 0 Å². The fraction of sp³-hybridized carbons (Fsp3) is 0.0909. The number of H-pyrrole nitrogens is 1. The highest BCUT2D eigenvalue weighted by atomic mass is 19.1. The molecule has 7 nitrogen and oxygen atoms in total. The van der Waals surface area contributed by atoms with E-state index in [1.165, 1.54) is 6.07 Å². The Morgan fingerprint density at radius 2 is 2.03 bits per heavy atom. The molecule has 0 unspecified atom stereocenters. The Hall–Kier alpha value is -4.25. The van der Waals surface area contributed by atoms with Crippen LogP contribution in [0.5, 0.6) is 5.75 Å². The quantitative estimate of drug-likeness (QED) is 0.492. The van der Waals surface area contributed by atoms with Gasteiger partial charge in [-0.3, -0.25) is 14.8 Å². The van der Waals surface area contributed by atoms with Gasteiger partial charge >= 0.3 is 0 Å². The lowest BCUT2D eigenvalue weighted by Crippen LogP contribution is -1.92. The van der Waals surface area contributed by atoms with Crippen molar-refractivity contribution in [3.05, 3.63) is 60.3 Å². The summed E-state index contributed by atoms with van der Waals surface area (Å²) in [4.78, 5) is 4.56. The maximum atomic E-state index is 14.8. The van der Waals surface area contributed by atoms with Gasteiger partial charge in [0.15, 0.2) is 0 Å². The molecule has 30 heavy (non-hydrogen) atoms. The smallest absolute Gasteiger partial charge is 0.134 e. The van der Waals surface area contributed by atoms with Gasteiger partial charge in [0.05, 0.1) is 42.2 Å². The molecule has 0 radical (unpaired) electrons. The number of aryl methyl sites for hydroxylation is 1. The first kappa shape index (κ1) is 17.8. The van der Waals surface area contributed by atoms with Crippen molar-refractivity contribution in [2.75, 3.05) is 7.11 Å². The summed E-state index contributed by atoms with van der Waals surface area (Å²) in [6.45, 7) is 0. The first-order valence-electron chi connectivity index (χ1n) is 9.13. The van der Waals surface area contributed by atoms with E-state index in [1.807, 2.05) is 18.2 Å². The maximum Gasteiger partial charge on any atom is 0.134 e. The van der Waals surface area contributed by atoms with Gasteiger partial charge in [-0.25, -0.2) is 4.39 Å². The van der Waals surface area contributed by atoms with Crippen LogP contribution in [0.25, 0.3) is 44.2 Å². The fourth-order valence-electron chi connectivity index (χ4n) is 3.72. The summed E-state index contributed by atoms with van der Waals surface area (Å²) in [6, 6.07) is 10.2. The third-order valence-corrected chi connectivity index (χ3v) is 5.17. The van der Waals surface area contributed by atoms with E-state index in [9.17, 15) is 4.39 Å². The molecule has 3 heterocycles. The number of rotatable bonds is 3. The maximum absolute atomic E-state index is 14.8. The predicted molar refractivity (Wildman–Crippen MR) is 110 cm³/mol. The highest BCUT2D eigenvalue weighted by Gasteiger charge is 2.20. The van der Waals surface area contributed by atoms with E-state index in [-0.39, 0.29) is 5.56 Å². The Bertz CT molecular complexity index is 1460. The summed E-state index contributed by atoms with van der Waals surface area (Å²) in [5, 5.41) is 22.0. The number of hydrogen-bond donors (Lipinski definition) is 1. The highest BCUT2D eigenvalue weighted by molar-refractivity contribution is 6.12. The van der Waals surface area contributed by atoms with Crippen molar-refractivity contribution in [1.29, 1.82) is 5.26 Å². The molecule has 0 saturated heterocycles. The van der Waals surface area contributed by atoms with Crippen LogP contribution in [-0.2, 0) is 7.05 Å². The van der Waals surface area contributed by atoms with Crippen LogP contribution < -0.4 is 4.74 Å². The average molecular weight is 398 g/mol. The second-order valence-corrected chi connectivity index (χ2v) is 6.85. The predicted octanol–water partition coefficient (Wildman–Crippen LogP) is 4.20. The molecule has 0 fully saturated rings. The van der Waals surface area contributed by atoms with Crippen molar-refractivity contribution in [2.24, 2.45) is 7.05 Å². The Kier molecular flexibility index (Phi) is 3.96. The Morgan fingerprint density at radius 1 is 1.17 bits per heavy atom. The number of nitrogens with zero attached hydrogens (tertiary/aromatic N) is 5. The second-order valence-electron chi connectivity index (χ2n) is 6.85. The summed E-state index contributed by atoms with van der Waals surface area (Å²) in [6.07, 6.45) is 5.20. The minimum atomic E-state index is -0.498. The van der Waals surface area contributed by atoms with Gasteiger partial charge in [-0.15, -0.1) is 0 Å². The molecule has 1 N–H and O–H groups in total. The Morgan fingerprint density at radius 3 is 2.73 bits per heavy atom. The van der Waals surface area contributed by atoms with Gasteiger partial charge in [0.25, 0.3) is 0 Å². The second kappa shape index (κ2) is 6.67. The van der Waals surface area contributed by atoms with Crippen LogP contribution in [0.1, 0.15) is 5.56 Å². The van der Waals surface area contributed by atoms with E-state index in [0.717, 1.165) is 27.4 Å². The lowest BCUT2D eigenvalue weighted by Gasteiger charge is -2.10. The number of aromatic amines is 1. The van der Waals surface area contributed by atoms with Crippen molar-refractivity contribution in [2.45, 2.75) is 0 Å². The Balaban J connectivity index is 1.88. The van der Waals surface area contributed by atoms with E-state index < -0.39 is 5.82 Å². The van der Waals surface area contributed by atoms with Crippen LogP contribution in [0, 0.1) is 17.1 Å². The normalized spacial score (nSPS) is 11.1. The number of nitrogens with one attached hydrogen (secondary N) is 1. The molecule has 8 heteroatoms. The summed E-state index contributed by atoms with van der Waals surface area (Å²) in [7, 11) is 3.40. The molecular weight excluding hydrogens is 383 g/mol. The third kappa shape index (κ3) is 2.60. The summed E-state index contributed by atoms with van der Waals surface area (Å²) >= 11 is 0. The number of benzene rings is 2. The van der Waals surface area contributed by atoms with Gasteiger partial charge in [-0.05, 0) is 24.3 Å². The number of pyridine rings is 1. The molecule has 0 bridgehead atoms. The lowest BCUT2D eigenvalue weighted by atomic mass is 9.99. The van der Waals surface area contributed by atoms with Crippen LogP contribution in [0.15, 0.2) is 48.9 Å². The molecule has 0 spiro atoms. The van der Waals surface area contributed by atoms with Crippen LogP contribution >= 0.6 is 0 Å². The van der Waals surface area contributed by atoms with Crippen LogP contribution in [0.2, 0.25) is 0 Å². The van der Waals surface area contributed by atoms with Gasteiger partial charge < -0.3 is 4.74 Å². The number of nitriles is 1. The highest BCUT2D eigenvalue weighted by Crippen LogP contribution is 2.39. The molecular formula is C22H15FN6O. The molecule has 0 aliphatic carbocycles. The average Bonchev–Trinajstić information content (AvgIpc) is 3.41. The van der Waals surface area contributed by atoms with Gasteiger partial charge in [-0.1, -0.05) is 0 Å². The van der Waals surface area contributed by atoms with Crippen molar-refractivity contribution in [3.8, 4) is 34.2 Å². The van der Waals surface area contributed by atoms with E-state index in [4.69, 9.17) is 10.00 Å². The molecule has 0 amide bonds. The fourth-order valence-corrected chi connectivity index (χ4v) is 3.72. The summed E-state index contributed by atoms with van der Waals surface area (Å²) in [5.74, 6) is 0.160. The zero-order chi connectivity index (χ0) is 20.8. The van der Waals surface area contributed by atoms with E-state index in [1.54, 1.807) is 49.6 Å². The lowest BCUT2D eigenvalue weighted by molar-refractivity contribution is 0.417. The molecule has 0 aliphatic heterocycles.